The van der Waals surface area contributed by atoms with Gasteiger partial charge in [-0.3, -0.25) is 9.59 Å². The summed E-state index contributed by atoms with van der Waals surface area (Å²) in [5.41, 5.74) is 1.44. The van der Waals surface area contributed by atoms with Gasteiger partial charge < -0.3 is 15.5 Å². The third-order valence-corrected chi connectivity index (χ3v) is 4.74. The van der Waals surface area contributed by atoms with Crippen LogP contribution in [0.4, 0.5) is 15.9 Å². The summed E-state index contributed by atoms with van der Waals surface area (Å²) in [4.78, 5) is 30.4. The molecule has 1 aromatic carbocycles. The van der Waals surface area contributed by atoms with Crippen molar-refractivity contribution in [3.63, 3.8) is 0 Å². The second kappa shape index (κ2) is 8.43. The molecule has 6 nitrogen and oxygen atoms in total. The van der Waals surface area contributed by atoms with Crippen molar-refractivity contribution in [1.82, 2.24) is 9.88 Å². The van der Waals surface area contributed by atoms with E-state index in [1.54, 1.807) is 18.2 Å². The molecule has 1 heterocycles. The van der Waals surface area contributed by atoms with Crippen LogP contribution >= 0.6 is 23.2 Å². The maximum Gasteiger partial charge on any atom is 0.258 e. The molecule has 1 saturated carbocycles. The minimum absolute atomic E-state index is 0.159. The van der Waals surface area contributed by atoms with Crippen LogP contribution in [0.1, 0.15) is 22.3 Å². The Kier molecular flexibility index (Phi) is 6.17. The molecule has 3 rings (SSSR count). The lowest BCUT2D eigenvalue weighted by atomic mass is 10.1. The molecule has 2 aromatic rings. The smallest absolute Gasteiger partial charge is 0.258 e. The molecule has 1 aliphatic rings. The first kappa shape index (κ1) is 20.5. The van der Waals surface area contributed by atoms with E-state index >= 15 is 0 Å². The van der Waals surface area contributed by atoms with Gasteiger partial charge in [0.1, 0.15) is 12.0 Å². The Morgan fingerprint density at radius 3 is 2.43 bits per heavy atom. The molecule has 2 amide bonds. The average Bonchev–Trinajstić information content (AvgIpc) is 3.31. The summed E-state index contributed by atoms with van der Waals surface area (Å²) in [6.45, 7) is 0.634. The number of aromatic nitrogens is 1. The summed E-state index contributed by atoms with van der Waals surface area (Å²) in [7, 11) is 3.83. The van der Waals surface area contributed by atoms with Gasteiger partial charge in [-0.1, -0.05) is 23.2 Å². The molecular formula is C19H19Cl2FN4O2. The van der Waals surface area contributed by atoms with Gasteiger partial charge in [-0.2, -0.15) is 0 Å². The second-order valence-corrected chi connectivity index (χ2v) is 7.72. The maximum absolute atomic E-state index is 13.0. The molecule has 2 N–H and O–H groups in total. The van der Waals surface area contributed by atoms with Gasteiger partial charge in [0, 0.05) is 24.5 Å². The van der Waals surface area contributed by atoms with E-state index < -0.39 is 23.9 Å². The number of nitrogens with one attached hydrogen (secondary N) is 2. The zero-order valence-corrected chi connectivity index (χ0v) is 16.8. The van der Waals surface area contributed by atoms with Crippen LogP contribution in [0.3, 0.4) is 0 Å². The quantitative estimate of drug-likeness (QED) is 0.734. The largest absolute Gasteiger partial charge is 0.322 e. The van der Waals surface area contributed by atoms with E-state index in [4.69, 9.17) is 23.2 Å². The van der Waals surface area contributed by atoms with Gasteiger partial charge >= 0.3 is 0 Å². The van der Waals surface area contributed by atoms with Crippen LogP contribution in [0.15, 0.2) is 30.5 Å². The Morgan fingerprint density at radius 2 is 1.86 bits per heavy atom. The lowest BCUT2D eigenvalue weighted by Gasteiger charge is -2.14. The summed E-state index contributed by atoms with van der Waals surface area (Å²) in [6, 6.07) is 6.44. The van der Waals surface area contributed by atoms with Crippen LogP contribution in [0, 0.1) is 5.92 Å². The van der Waals surface area contributed by atoms with Gasteiger partial charge in [0.05, 0.1) is 21.5 Å². The van der Waals surface area contributed by atoms with Crippen LogP contribution in [-0.4, -0.2) is 42.0 Å². The highest BCUT2D eigenvalue weighted by Crippen LogP contribution is 2.34. The number of carbonyl (C=O) groups excluding carboxylic acids is 2. The van der Waals surface area contributed by atoms with E-state index in [1.165, 1.54) is 12.3 Å². The number of rotatable bonds is 6. The van der Waals surface area contributed by atoms with E-state index in [9.17, 15) is 14.0 Å². The average molecular weight is 425 g/mol. The number of pyridine rings is 1. The summed E-state index contributed by atoms with van der Waals surface area (Å²) in [6.07, 6.45) is 0.556. The van der Waals surface area contributed by atoms with Gasteiger partial charge in [-0.15, -0.1) is 0 Å². The standard InChI is InChI=1S/C19H19Cl2FN4O2/c1-26(2)9-10-5-13(20)17(14(21)6-10)19(28)24-11-3-4-23-16(7-11)25-18(27)12-8-15(12)22/h3-7,12,15H,8-9H2,1-2H3,(H2,23,24,25,27,28). The molecule has 0 bridgehead atoms. The second-order valence-electron chi connectivity index (χ2n) is 6.90. The SMILES string of the molecule is CN(C)Cc1cc(Cl)c(C(=O)Nc2ccnc(NC(=O)C3CC3F)c2)c(Cl)c1. The number of hydrogen-bond acceptors (Lipinski definition) is 4. The fourth-order valence-corrected chi connectivity index (χ4v) is 3.43. The van der Waals surface area contributed by atoms with E-state index in [-0.39, 0.29) is 27.8 Å². The number of halogens is 3. The monoisotopic (exact) mass is 424 g/mol. The zero-order chi connectivity index (χ0) is 20.4. The number of benzene rings is 1. The van der Waals surface area contributed by atoms with Crippen LogP contribution < -0.4 is 10.6 Å². The van der Waals surface area contributed by atoms with Crippen molar-refractivity contribution in [3.8, 4) is 0 Å². The predicted octanol–water partition coefficient (Wildman–Crippen LogP) is 4.00. The van der Waals surface area contributed by atoms with Crippen molar-refractivity contribution in [3.05, 3.63) is 51.6 Å². The molecule has 0 spiro atoms. The highest BCUT2D eigenvalue weighted by molar-refractivity contribution is 6.40. The summed E-state index contributed by atoms with van der Waals surface area (Å²) >= 11 is 12.5. The number of anilines is 2. The normalized spacial score (nSPS) is 18.1. The van der Waals surface area contributed by atoms with Crippen molar-refractivity contribution in [2.75, 3.05) is 24.7 Å². The Bertz CT molecular complexity index is 900. The highest BCUT2D eigenvalue weighted by atomic mass is 35.5. The fourth-order valence-electron chi connectivity index (χ4n) is 2.72. The number of alkyl halides is 1. The molecule has 1 aromatic heterocycles. The number of nitrogens with zero attached hydrogens (tertiary/aromatic N) is 2. The predicted molar refractivity (Wildman–Crippen MR) is 108 cm³/mol. The van der Waals surface area contributed by atoms with Crippen LogP contribution in [0.25, 0.3) is 0 Å². The molecule has 2 atom stereocenters. The first-order chi connectivity index (χ1) is 13.2. The number of carbonyl (C=O) groups is 2. The molecule has 148 valence electrons. The topological polar surface area (TPSA) is 74.3 Å². The van der Waals surface area contributed by atoms with Crippen molar-refractivity contribution in [2.45, 2.75) is 19.1 Å². The third kappa shape index (κ3) is 4.98. The molecule has 9 heteroatoms. The highest BCUT2D eigenvalue weighted by Gasteiger charge is 2.43. The minimum Gasteiger partial charge on any atom is -0.322 e. The van der Waals surface area contributed by atoms with E-state index in [2.05, 4.69) is 15.6 Å². The van der Waals surface area contributed by atoms with Crippen molar-refractivity contribution in [1.29, 1.82) is 0 Å². The van der Waals surface area contributed by atoms with Gasteiger partial charge in [-0.25, -0.2) is 9.37 Å². The van der Waals surface area contributed by atoms with E-state index in [0.717, 1.165) is 5.56 Å². The Morgan fingerprint density at radius 1 is 1.21 bits per heavy atom. The van der Waals surface area contributed by atoms with Gasteiger partial charge in [0.15, 0.2) is 0 Å². The molecule has 1 aliphatic carbocycles. The van der Waals surface area contributed by atoms with Crippen molar-refractivity contribution >= 4 is 46.5 Å². The summed E-state index contributed by atoms with van der Waals surface area (Å²) in [5, 5.41) is 5.71. The molecule has 0 saturated heterocycles. The van der Waals surface area contributed by atoms with Crippen LogP contribution in [0.5, 0.6) is 0 Å². The first-order valence-electron chi connectivity index (χ1n) is 8.59. The number of amides is 2. The van der Waals surface area contributed by atoms with Crippen molar-refractivity contribution < 1.29 is 14.0 Å². The van der Waals surface area contributed by atoms with Gasteiger partial charge in [0.2, 0.25) is 5.91 Å². The lowest BCUT2D eigenvalue weighted by molar-refractivity contribution is -0.117. The summed E-state index contributed by atoms with van der Waals surface area (Å²) in [5.74, 6) is -1.31. The van der Waals surface area contributed by atoms with Gasteiger partial charge in [0.25, 0.3) is 5.91 Å². The fraction of sp³-hybridized carbons (Fsp3) is 0.316. The van der Waals surface area contributed by atoms with E-state index in [0.29, 0.717) is 12.2 Å². The van der Waals surface area contributed by atoms with Crippen molar-refractivity contribution in [2.24, 2.45) is 5.92 Å². The zero-order valence-electron chi connectivity index (χ0n) is 15.3. The molecule has 1 fully saturated rings. The molecule has 2 unspecified atom stereocenters. The molecule has 0 radical (unpaired) electrons. The Labute approximate surface area is 172 Å². The number of hydrogen-bond donors (Lipinski definition) is 2. The Hall–Kier alpha value is -2.22. The molecule has 0 aliphatic heterocycles. The van der Waals surface area contributed by atoms with Crippen LogP contribution in [0.2, 0.25) is 10.0 Å². The third-order valence-electron chi connectivity index (χ3n) is 4.15. The first-order valence-corrected chi connectivity index (χ1v) is 9.35. The van der Waals surface area contributed by atoms with E-state index in [1.807, 2.05) is 19.0 Å². The lowest BCUT2D eigenvalue weighted by Crippen LogP contribution is -2.17. The van der Waals surface area contributed by atoms with Gasteiger partial charge in [-0.05, 0) is 44.3 Å². The Balaban J connectivity index is 1.72. The maximum atomic E-state index is 13.0. The molecular weight excluding hydrogens is 406 g/mol. The minimum atomic E-state index is -1.09. The van der Waals surface area contributed by atoms with Crippen LogP contribution in [-0.2, 0) is 11.3 Å². The summed E-state index contributed by atoms with van der Waals surface area (Å²) < 4.78 is 13.0. The molecule has 28 heavy (non-hydrogen) atoms.